The zero-order chi connectivity index (χ0) is 23.8. The van der Waals surface area contributed by atoms with Crippen molar-refractivity contribution in [2.24, 2.45) is 0 Å². The molecule has 1 amide bonds. The van der Waals surface area contributed by atoms with Crippen LogP contribution in [0.1, 0.15) is 33.2 Å². The first kappa shape index (κ1) is 23.8. The number of benzene rings is 3. The van der Waals surface area contributed by atoms with Crippen molar-refractivity contribution in [2.75, 3.05) is 19.0 Å². The Kier molecular flexibility index (Phi) is 8.05. The first-order valence-electron chi connectivity index (χ1n) is 9.99. The Morgan fingerprint density at radius 1 is 0.879 bits per heavy atom. The number of amides is 1. The van der Waals surface area contributed by atoms with E-state index in [2.05, 4.69) is 5.32 Å². The SMILES string of the molecule is COc1cc(C(=O)OCC(=O)Nc2ccc(C(C)=O)cc2)ccc1OCc1ccc(Cl)cc1. The third kappa shape index (κ3) is 6.82. The molecule has 33 heavy (non-hydrogen) atoms. The van der Waals surface area contributed by atoms with Crippen LogP contribution in [-0.4, -0.2) is 31.4 Å². The van der Waals surface area contributed by atoms with E-state index in [1.165, 1.54) is 26.2 Å². The number of carbonyl (C=O) groups excluding carboxylic acids is 3. The zero-order valence-corrected chi connectivity index (χ0v) is 18.8. The molecule has 1 N–H and O–H groups in total. The molecule has 0 aromatic heterocycles. The zero-order valence-electron chi connectivity index (χ0n) is 18.1. The van der Waals surface area contributed by atoms with Gasteiger partial charge in [0.05, 0.1) is 12.7 Å². The second-order valence-electron chi connectivity index (χ2n) is 7.04. The van der Waals surface area contributed by atoms with Crippen LogP contribution in [0.2, 0.25) is 5.02 Å². The number of ketones is 1. The van der Waals surface area contributed by atoms with Gasteiger partial charge in [0.1, 0.15) is 6.61 Å². The lowest BCUT2D eigenvalue weighted by Gasteiger charge is -2.12. The standard InChI is InChI=1S/C25H22ClNO6/c1-16(28)18-5-10-21(11-6-18)27-24(29)15-33-25(30)19-7-12-22(23(13-19)31-2)32-14-17-3-8-20(26)9-4-17/h3-13H,14-15H2,1-2H3,(H,27,29). The molecule has 8 heteroatoms. The Bertz CT molecular complexity index is 1140. The summed E-state index contributed by atoms with van der Waals surface area (Å²) in [5.41, 5.74) is 2.16. The van der Waals surface area contributed by atoms with Crippen LogP contribution in [0.15, 0.2) is 66.7 Å². The van der Waals surface area contributed by atoms with Crippen molar-refractivity contribution >= 4 is 34.9 Å². The topological polar surface area (TPSA) is 90.9 Å². The molecule has 0 bridgehead atoms. The van der Waals surface area contributed by atoms with E-state index < -0.39 is 18.5 Å². The van der Waals surface area contributed by atoms with Gasteiger partial charge in [0, 0.05) is 16.3 Å². The van der Waals surface area contributed by atoms with Crippen molar-refractivity contribution in [3.05, 3.63) is 88.4 Å². The first-order chi connectivity index (χ1) is 15.9. The van der Waals surface area contributed by atoms with Crippen molar-refractivity contribution in [2.45, 2.75) is 13.5 Å². The number of hydrogen-bond acceptors (Lipinski definition) is 6. The molecule has 0 aliphatic rings. The maximum atomic E-state index is 12.4. The Morgan fingerprint density at radius 2 is 1.55 bits per heavy atom. The Morgan fingerprint density at radius 3 is 2.18 bits per heavy atom. The van der Waals surface area contributed by atoms with Crippen LogP contribution in [0.3, 0.4) is 0 Å². The lowest BCUT2D eigenvalue weighted by atomic mass is 10.1. The number of rotatable bonds is 9. The molecular weight excluding hydrogens is 446 g/mol. The normalized spacial score (nSPS) is 10.3. The number of methoxy groups -OCH3 is 1. The minimum absolute atomic E-state index is 0.0707. The Hall–Kier alpha value is -3.84. The number of nitrogens with one attached hydrogen (secondary N) is 1. The second kappa shape index (κ2) is 11.2. The molecule has 3 aromatic rings. The Labute approximate surface area is 196 Å². The number of carbonyl (C=O) groups is 3. The average Bonchev–Trinajstić information content (AvgIpc) is 2.82. The average molecular weight is 468 g/mol. The lowest BCUT2D eigenvalue weighted by Crippen LogP contribution is -2.21. The number of esters is 1. The van der Waals surface area contributed by atoms with E-state index in [0.717, 1.165) is 5.56 Å². The van der Waals surface area contributed by atoms with E-state index in [1.54, 1.807) is 42.5 Å². The van der Waals surface area contributed by atoms with Gasteiger partial charge in [-0.25, -0.2) is 4.79 Å². The number of hydrogen-bond donors (Lipinski definition) is 1. The van der Waals surface area contributed by atoms with Crippen LogP contribution in [-0.2, 0) is 16.1 Å². The van der Waals surface area contributed by atoms with Crippen LogP contribution >= 0.6 is 11.6 Å². The van der Waals surface area contributed by atoms with Crippen molar-refractivity contribution in [3.63, 3.8) is 0 Å². The van der Waals surface area contributed by atoms with Gasteiger partial charge in [-0.2, -0.15) is 0 Å². The molecule has 0 saturated carbocycles. The third-order valence-electron chi connectivity index (χ3n) is 4.62. The molecular formula is C25H22ClNO6. The first-order valence-corrected chi connectivity index (χ1v) is 10.4. The fraction of sp³-hybridized carbons (Fsp3) is 0.160. The third-order valence-corrected chi connectivity index (χ3v) is 4.87. The largest absolute Gasteiger partial charge is 0.493 e. The van der Waals surface area contributed by atoms with Gasteiger partial charge in [0.2, 0.25) is 0 Å². The molecule has 0 aliphatic heterocycles. The molecule has 170 valence electrons. The molecule has 0 spiro atoms. The van der Waals surface area contributed by atoms with Crippen LogP contribution in [0.5, 0.6) is 11.5 Å². The van der Waals surface area contributed by atoms with Gasteiger partial charge in [-0.15, -0.1) is 0 Å². The summed E-state index contributed by atoms with van der Waals surface area (Å²) in [5, 5.41) is 3.24. The summed E-state index contributed by atoms with van der Waals surface area (Å²) >= 11 is 5.88. The minimum Gasteiger partial charge on any atom is -0.493 e. The summed E-state index contributed by atoms with van der Waals surface area (Å²) in [4.78, 5) is 35.7. The van der Waals surface area contributed by atoms with Gasteiger partial charge in [-0.3, -0.25) is 9.59 Å². The molecule has 0 fully saturated rings. The quantitative estimate of drug-likeness (QED) is 0.354. The fourth-order valence-corrected chi connectivity index (χ4v) is 2.98. The van der Waals surface area contributed by atoms with E-state index in [4.69, 9.17) is 25.8 Å². The van der Waals surface area contributed by atoms with Crippen molar-refractivity contribution in [1.82, 2.24) is 0 Å². The minimum atomic E-state index is -0.681. The summed E-state index contributed by atoms with van der Waals surface area (Å²) in [6.07, 6.45) is 0. The summed E-state index contributed by atoms with van der Waals surface area (Å²) in [7, 11) is 1.46. The van der Waals surface area contributed by atoms with Crippen LogP contribution < -0.4 is 14.8 Å². The predicted molar refractivity (Wildman–Crippen MR) is 124 cm³/mol. The van der Waals surface area contributed by atoms with Gasteiger partial charge < -0.3 is 19.5 Å². The molecule has 0 atom stereocenters. The predicted octanol–water partition coefficient (Wildman–Crippen LogP) is 4.93. The second-order valence-corrected chi connectivity index (χ2v) is 7.48. The number of anilines is 1. The fourth-order valence-electron chi connectivity index (χ4n) is 2.86. The Balaban J connectivity index is 1.55. The maximum Gasteiger partial charge on any atom is 0.338 e. The van der Waals surface area contributed by atoms with Gasteiger partial charge in [0.25, 0.3) is 5.91 Å². The van der Waals surface area contributed by atoms with E-state index in [0.29, 0.717) is 34.4 Å². The molecule has 3 aromatic carbocycles. The highest BCUT2D eigenvalue weighted by atomic mass is 35.5. The molecule has 0 saturated heterocycles. The van der Waals surface area contributed by atoms with Crippen LogP contribution in [0.4, 0.5) is 5.69 Å². The molecule has 0 unspecified atom stereocenters. The van der Waals surface area contributed by atoms with Gasteiger partial charge >= 0.3 is 5.97 Å². The summed E-state index contributed by atoms with van der Waals surface area (Å²) in [5.74, 6) is -0.448. The number of halogens is 1. The summed E-state index contributed by atoms with van der Waals surface area (Å²) in [6, 6.07) is 18.3. The molecule has 3 rings (SSSR count). The van der Waals surface area contributed by atoms with E-state index in [-0.39, 0.29) is 11.3 Å². The highest BCUT2D eigenvalue weighted by molar-refractivity contribution is 6.30. The van der Waals surface area contributed by atoms with Gasteiger partial charge in [0.15, 0.2) is 23.9 Å². The summed E-state index contributed by atoms with van der Waals surface area (Å²) in [6.45, 7) is 1.29. The van der Waals surface area contributed by atoms with Crippen LogP contribution in [0.25, 0.3) is 0 Å². The number of Topliss-reactive ketones (excluding diaryl/α,β-unsaturated/α-hetero) is 1. The van der Waals surface area contributed by atoms with E-state index in [1.807, 2.05) is 12.1 Å². The highest BCUT2D eigenvalue weighted by Gasteiger charge is 2.14. The van der Waals surface area contributed by atoms with E-state index in [9.17, 15) is 14.4 Å². The highest BCUT2D eigenvalue weighted by Crippen LogP contribution is 2.29. The molecule has 7 nitrogen and oxygen atoms in total. The number of ether oxygens (including phenoxy) is 3. The lowest BCUT2D eigenvalue weighted by molar-refractivity contribution is -0.119. The maximum absolute atomic E-state index is 12.4. The van der Waals surface area contributed by atoms with Gasteiger partial charge in [-0.05, 0) is 67.1 Å². The van der Waals surface area contributed by atoms with Crippen molar-refractivity contribution in [3.8, 4) is 11.5 Å². The molecule has 0 radical (unpaired) electrons. The van der Waals surface area contributed by atoms with Crippen molar-refractivity contribution < 1.29 is 28.6 Å². The van der Waals surface area contributed by atoms with Gasteiger partial charge in [-0.1, -0.05) is 23.7 Å². The van der Waals surface area contributed by atoms with E-state index >= 15 is 0 Å². The monoisotopic (exact) mass is 467 g/mol. The molecule has 0 heterocycles. The molecule has 0 aliphatic carbocycles. The summed E-state index contributed by atoms with van der Waals surface area (Å²) < 4.78 is 16.2. The van der Waals surface area contributed by atoms with Crippen LogP contribution in [0, 0.1) is 0 Å². The smallest absolute Gasteiger partial charge is 0.338 e. The van der Waals surface area contributed by atoms with Crippen molar-refractivity contribution in [1.29, 1.82) is 0 Å².